The molecule has 8 heteroatoms. The molecule has 0 N–H and O–H groups in total. The Kier molecular flexibility index (Phi) is 16.1. The van der Waals surface area contributed by atoms with Crippen molar-refractivity contribution in [2.24, 2.45) is 0 Å². The number of aliphatic carboxylic acids is 4. The number of carboxylic acid groups (broad SMARTS) is 4. The fourth-order valence-corrected chi connectivity index (χ4v) is 0.272. The monoisotopic (exact) mass is 256 g/mol. The number of carboxylic acids is 4. The van der Waals surface area contributed by atoms with Gasteiger partial charge in [-0.05, 0) is 24.3 Å². The molecule has 0 amide bonds. The highest BCUT2D eigenvalue weighted by Crippen LogP contribution is 1.64. The van der Waals surface area contributed by atoms with E-state index in [0.29, 0.717) is 24.3 Å². The summed E-state index contributed by atoms with van der Waals surface area (Å²) >= 11 is 0. The van der Waals surface area contributed by atoms with Gasteiger partial charge in [-0.2, -0.15) is 0 Å². The Bertz CT molecular complexity index is 287. The van der Waals surface area contributed by atoms with Gasteiger partial charge in [-0.3, -0.25) is 0 Å². The lowest BCUT2D eigenvalue weighted by atomic mass is 10.5. The second-order valence-corrected chi connectivity index (χ2v) is 1.94. The Morgan fingerprint density at radius 1 is 0.556 bits per heavy atom. The maximum Gasteiger partial charge on any atom is 0.0643 e. The van der Waals surface area contributed by atoms with Crippen molar-refractivity contribution in [2.45, 2.75) is 0 Å². The highest BCUT2D eigenvalue weighted by Gasteiger charge is 1.71. The minimum atomic E-state index is -1.55. The normalized spacial score (nSPS) is 8.67. The zero-order chi connectivity index (χ0) is 15.1. The molecule has 8 nitrogen and oxygen atoms in total. The van der Waals surface area contributed by atoms with Crippen LogP contribution < -0.4 is 20.4 Å². The molecule has 0 heterocycles. The molecule has 0 radical (unpaired) electrons. The molecule has 0 aromatic heterocycles. The predicted octanol–water partition coefficient (Wildman–Crippen LogP) is -5.11. The van der Waals surface area contributed by atoms with Crippen LogP contribution in [0.1, 0.15) is 0 Å². The van der Waals surface area contributed by atoms with E-state index in [1.807, 2.05) is 0 Å². The van der Waals surface area contributed by atoms with Gasteiger partial charge in [0.05, 0.1) is 23.9 Å². The van der Waals surface area contributed by atoms with Crippen molar-refractivity contribution in [3.05, 3.63) is 37.5 Å². The third kappa shape index (κ3) is 38.0. The molecule has 0 bridgehead atoms. The lowest BCUT2D eigenvalue weighted by molar-refractivity contribution is -0.301. The first kappa shape index (κ1) is 20.5. The zero-order valence-corrected chi connectivity index (χ0v) is 8.99. The Hall–Kier alpha value is -2.90. The van der Waals surface area contributed by atoms with Crippen LogP contribution in [0.5, 0.6) is 0 Å². The van der Waals surface area contributed by atoms with Gasteiger partial charge in [0, 0.05) is 0 Å². The summed E-state index contributed by atoms with van der Waals surface area (Å²) in [4.78, 5) is 37.7. The van der Waals surface area contributed by atoms with Crippen molar-refractivity contribution in [1.82, 2.24) is 0 Å². The van der Waals surface area contributed by atoms with Gasteiger partial charge in [0.1, 0.15) is 0 Å². The van der Waals surface area contributed by atoms with E-state index in [-0.39, 0.29) is 0 Å². The first-order valence-corrected chi connectivity index (χ1v) is 3.95. The molecule has 100 valence electrons. The quantitative estimate of drug-likeness (QED) is 0.356. The van der Waals surface area contributed by atoms with Crippen LogP contribution in [0, 0.1) is 0 Å². The van der Waals surface area contributed by atoms with Gasteiger partial charge in [0.15, 0.2) is 0 Å². The average Bonchev–Trinajstić information content (AvgIpc) is 2.27. The third-order valence-electron chi connectivity index (χ3n) is 0.711. The summed E-state index contributed by atoms with van der Waals surface area (Å²) in [6.07, 6.45) is 1.54. The summed E-state index contributed by atoms with van der Waals surface area (Å²) in [5.41, 5.74) is 0. The smallest absolute Gasteiger partial charge is 0.0643 e. The number of rotatable bonds is 4. The van der Waals surface area contributed by atoms with E-state index in [1.165, 1.54) is 0 Å². The minimum Gasteiger partial charge on any atom is -0.545 e. The van der Waals surface area contributed by atoms with Crippen LogP contribution in [0.3, 0.4) is 0 Å². The fraction of sp³-hybridized carbons (Fsp3) is 0. The number of carbonyl (C=O) groups is 4. The van der Waals surface area contributed by atoms with Crippen LogP contribution in [0.25, 0.3) is 0 Å². The van der Waals surface area contributed by atoms with Crippen molar-refractivity contribution in [3.8, 4) is 0 Å². The van der Waals surface area contributed by atoms with E-state index >= 15 is 0 Å². The third-order valence-corrected chi connectivity index (χ3v) is 0.711. The SMILES string of the molecule is C=C.O=C([O-])/C=C\C(=O)[O-].O=C([O-])/C=C\C(=O)[O-]. The van der Waals surface area contributed by atoms with Crippen molar-refractivity contribution >= 4 is 23.9 Å². The van der Waals surface area contributed by atoms with Gasteiger partial charge in [-0.25, -0.2) is 0 Å². The molecule has 0 aromatic carbocycles. The molecule has 0 aliphatic heterocycles. The molecular weight excluding hydrogens is 248 g/mol. The summed E-state index contributed by atoms with van der Waals surface area (Å²) in [6.45, 7) is 6.00. The van der Waals surface area contributed by atoms with Crippen molar-refractivity contribution in [1.29, 1.82) is 0 Å². The fourth-order valence-electron chi connectivity index (χ4n) is 0.272. The highest BCUT2D eigenvalue weighted by molar-refractivity contribution is 5.88. The van der Waals surface area contributed by atoms with Crippen LogP contribution in [0.2, 0.25) is 0 Å². The van der Waals surface area contributed by atoms with Crippen LogP contribution in [0.15, 0.2) is 37.5 Å². The molecule has 0 saturated carbocycles. The van der Waals surface area contributed by atoms with E-state index in [1.54, 1.807) is 0 Å². The molecule has 0 spiro atoms. The van der Waals surface area contributed by atoms with E-state index in [0.717, 1.165) is 0 Å². The average molecular weight is 256 g/mol. The van der Waals surface area contributed by atoms with Gasteiger partial charge < -0.3 is 39.6 Å². The van der Waals surface area contributed by atoms with Gasteiger partial charge in [0.2, 0.25) is 0 Å². The number of hydrogen-bond acceptors (Lipinski definition) is 8. The number of carbonyl (C=O) groups excluding carboxylic acids is 4. The van der Waals surface area contributed by atoms with E-state index in [4.69, 9.17) is 0 Å². The minimum absolute atomic E-state index is 0.384. The molecule has 18 heavy (non-hydrogen) atoms. The Balaban J connectivity index is -0.000000219. The lowest BCUT2D eigenvalue weighted by Crippen LogP contribution is -2.23. The summed E-state index contributed by atoms with van der Waals surface area (Å²) in [5, 5.41) is 37.7. The van der Waals surface area contributed by atoms with Gasteiger partial charge in [-0.15, -0.1) is 13.2 Å². The van der Waals surface area contributed by atoms with E-state index in [9.17, 15) is 39.6 Å². The van der Waals surface area contributed by atoms with Crippen molar-refractivity contribution < 1.29 is 39.6 Å². The van der Waals surface area contributed by atoms with Crippen LogP contribution in [-0.2, 0) is 19.2 Å². The maximum absolute atomic E-state index is 9.41. The molecule has 0 aromatic rings. The molecule has 0 saturated heterocycles. The maximum atomic E-state index is 9.41. The first-order valence-electron chi connectivity index (χ1n) is 3.95. The standard InChI is InChI=1S/2C4H4O4.C2H4/c2*5-3(6)1-2-4(7)8;1-2/h2*1-2H,(H,5,6)(H,7,8);1-2H2/p-4/b2*2-1-;. The summed E-state index contributed by atoms with van der Waals surface area (Å²) in [6, 6.07) is 0. The van der Waals surface area contributed by atoms with E-state index < -0.39 is 23.9 Å². The van der Waals surface area contributed by atoms with E-state index in [2.05, 4.69) is 13.2 Å². The second-order valence-electron chi connectivity index (χ2n) is 1.94. The Morgan fingerprint density at radius 3 is 0.722 bits per heavy atom. The van der Waals surface area contributed by atoms with Gasteiger partial charge in [0.25, 0.3) is 0 Å². The molecule has 0 rings (SSSR count). The molecule has 0 aliphatic carbocycles. The Morgan fingerprint density at radius 2 is 0.667 bits per heavy atom. The van der Waals surface area contributed by atoms with Gasteiger partial charge >= 0.3 is 0 Å². The molecule has 0 aliphatic rings. The van der Waals surface area contributed by atoms with Crippen molar-refractivity contribution in [2.75, 3.05) is 0 Å². The van der Waals surface area contributed by atoms with Crippen LogP contribution in [0.4, 0.5) is 0 Å². The zero-order valence-electron chi connectivity index (χ0n) is 8.99. The van der Waals surface area contributed by atoms with Crippen LogP contribution in [-0.4, -0.2) is 23.9 Å². The highest BCUT2D eigenvalue weighted by atomic mass is 16.4. The predicted molar refractivity (Wildman–Crippen MR) is 49.6 cm³/mol. The Labute approximate surface area is 102 Å². The molecular formula is C10H8O8-4. The second kappa shape index (κ2) is 14.1. The summed E-state index contributed by atoms with van der Waals surface area (Å²) < 4.78 is 0. The lowest BCUT2D eigenvalue weighted by Gasteiger charge is -1.90. The largest absolute Gasteiger partial charge is 0.545 e. The summed E-state index contributed by atoms with van der Waals surface area (Å²) in [5.74, 6) is -6.19. The summed E-state index contributed by atoms with van der Waals surface area (Å²) in [7, 11) is 0. The topological polar surface area (TPSA) is 161 Å². The first-order chi connectivity index (χ1) is 8.25. The van der Waals surface area contributed by atoms with Crippen LogP contribution >= 0.6 is 0 Å². The number of hydrogen-bond donors (Lipinski definition) is 0. The molecule has 0 unspecified atom stereocenters. The van der Waals surface area contributed by atoms with Gasteiger partial charge in [-0.1, -0.05) is 0 Å². The van der Waals surface area contributed by atoms with Crippen molar-refractivity contribution in [3.63, 3.8) is 0 Å². The molecule has 0 atom stereocenters. The molecule has 0 fully saturated rings.